The molecule has 0 saturated heterocycles. The molecular weight excluding hydrogens is 354 g/mol. The third-order valence-corrected chi connectivity index (χ3v) is 4.09. The Morgan fingerprint density at radius 1 is 0.885 bits per heavy atom. The van der Waals surface area contributed by atoms with Crippen molar-refractivity contribution in [1.29, 1.82) is 0 Å². The number of ether oxygens (including phenoxy) is 2. The van der Waals surface area contributed by atoms with Gasteiger partial charge in [-0.3, -0.25) is 9.59 Å². The summed E-state index contributed by atoms with van der Waals surface area (Å²) < 4.78 is 10.4. The van der Waals surface area contributed by atoms with Gasteiger partial charge in [0.2, 0.25) is 0 Å². The number of fused-ring (bicyclic) bond motifs is 1. The van der Waals surface area contributed by atoms with Crippen molar-refractivity contribution in [3.8, 4) is 11.5 Å². The lowest BCUT2D eigenvalue weighted by molar-refractivity contribution is -0.134. The van der Waals surface area contributed by atoms with Crippen molar-refractivity contribution in [2.24, 2.45) is 0 Å². The van der Waals surface area contributed by atoms with Gasteiger partial charge in [0.05, 0.1) is 0 Å². The van der Waals surface area contributed by atoms with Crippen molar-refractivity contribution in [2.75, 3.05) is 19.6 Å². The Labute approximate surface area is 160 Å². The summed E-state index contributed by atoms with van der Waals surface area (Å²) in [5.74, 6) is -0.392. The highest BCUT2D eigenvalue weighted by atomic mass is 35.5. The maximum atomic E-state index is 11.3. The largest absolute Gasteiger partial charge is 0.423 e. The zero-order chi connectivity index (χ0) is 18.4. The molecule has 2 aromatic rings. The van der Waals surface area contributed by atoms with Crippen molar-refractivity contribution < 1.29 is 19.1 Å². The van der Waals surface area contributed by atoms with E-state index in [0.29, 0.717) is 0 Å². The summed E-state index contributed by atoms with van der Waals surface area (Å²) in [6.07, 6.45) is 0.951. The summed E-state index contributed by atoms with van der Waals surface area (Å²) in [6.45, 7) is 10.0. The second-order valence-corrected chi connectivity index (χ2v) is 5.94. The molecule has 0 saturated carbocycles. The Kier molecular flexibility index (Phi) is 8.55. The molecule has 0 aromatic heterocycles. The topological polar surface area (TPSA) is 55.8 Å². The molecule has 0 N–H and O–H groups in total. The van der Waals surface area contributed by atoms with E-state index in [4.69, 9.17) is 9.47 Å². The molecule has 2 rings (SSSR count). The number of carbonyl (C=O) groups excluding carboxylic acids is 2. The average molecular weight is 380 g/mol. The Bertz CT molecular complexity index is 772. The minimum Gasteiger partial charge on any atom is -0.423 e. The van der Waals surface area contributed by atoms with E-state index in [1.165, 1.54) is 19.4 Å². The molecule has 0 bridgehead atoms. The van der Waals surface area contributed by atoms with Gasteiger partial charge in [0.1, 0.15) is 0 Å². The number of carbonyl (C=O) groups is 2. The summed E-state index contributed by atoms with van der Waals surface area (Å²) in [7, 11) is 0. The molecule has 0 aliphatic heterocycles. The lowest BCUT2D eigenvalue weighted by Gasteiger charge is -2.18. The van der Waals surface area contributed by atoms with E-state index in [2.05, 4.69) is 30.9 Å². The minimum absolute atomic E-state index is 0. The van der Waals surface area contributed by atoms with Gasteiger partial charge < -0.3 is 14.4 Å². The van der Waals surface area contributed by atoms with Gasteiger partial charge in [0.15, 0.2) is 11.5 Å². The number of rotatable bonds is 7. The van der Waals surface area contributed by atoms with Crippen molar-refractivity contribution in [3.63, 3.8) is 0 Å². The van der Waals surface area contributed by atoms with Gasteiger partial charge in [0.25, 0.3) is 0 Å². The van der Waals surface area contributed by atoms with Gasteiger partial charge in [-0.05, 0) is 48.0 Å². The van der Waals surface area contributed by atoms with Crippen LogP contribution in [0.25, 0.3) is 10.8 Å². The summed E-state index contributed by atoms with van der Waals surface area (Å²) >= 11 is 0. The molecule has 26 heavy (non-hydrogen) atoms. The highest BCUT2D eigenvalue weighted by molar-refractivity contribution is 5.88. The standard InChI is InChI=1S/C20H25NO4.ClH/c1-5-21(6-2)10-9-16-7-8-17-12-19(24-14(3)22)20(25-15(4)23)13-18(17)11-16;/h7-8,11-13H,5-6,9-10H2,1-4H3;1H. The van der Waals surface area contributed by atoms with Crippen LogP contribution in [-0.2, 0) is 16.0 Å². The van der Waals surface area contributed by atoms with Crippen molar-refractivity contribution >= 4 is 35.1 Å². The van der Waals surface area contributed by atoms with Gasteiger partial charge in [0, 0.05) is 20.4 Å². The molecular formula is C20H26ClNO4. The van der Waals surface area contributed by atoms with E-state index in [9.17, 15) is 9.59 Å². The molecule has 0 atom stereocenters. The van der Waals surface area contributed by atoms with E-state index in [1.807, 2.05) is 6.07 Å². The number of hydrogen-bond donors (Lipinski definition) is 0. The van der Waals surface area contributed by atoms with Gasteiger partial charge in [-0.2, -0.15) is 0 Å². The van der Waals surface area contributed by atoms with Gasteiger partial charge in [-0.25, -0.2) is 0 Å². The summed E-state index contributed by atoms with van der Waals surface area (Å²) in [4.78, 5) is 25.0. The van der Waals surface area contributed by atoms with Crippen LogP contribution in [0.3, 0.4) is 0 Å². The predicted molar refractivity (Wildman–Crippen MR) is 105 cm³/mol. The van der Waals surface area contributed by atoms with Crippen LogP contribution in [0, 0.1) is 0 Å². The van der Waals surface area contributed by atoms with Crippen LogP contribution >= 0.6 is 12.4 Å². The molecule has 0 aliphatic carbocycles. The monoisotopic (exact) mass is 379 g/mol. The second-order valence-electron chi connectivity index (χ2n) is 5.94. The first-order valence-electron chi connectivity index (χ1n) is 8.58. The van der Waals surface area contributed by atoms with Crippen LogP contribution < -0.4 is 9.47 Å². The third kappa shape index (κ3) is 6.00. The second kappa shape index (κ2) is 10.1. The quantitative estimate of drug-likeness (QED) is 0.537. The van der Waals surface area contributed by atoms with Gasteiger partial charge >= 0.3 is 11.9 Å². The van der Waals surface area contributed by atoms with Crippen molar-refractivity contribution in [1.82, 2.24) is 4.90 Å². The molecule has 0 fully saturated rings. The van der Waals surface area contributed by atoms with Crippen LogP contribution in [0.1, 0.15) is 33.3 Å². The maximum absolute atomic E-state index is 11.3. The summed E-state index contributed by atoms with van der Waals surface area (Å²) in [5, 5.41) is 1.88. The molecule has 6 heteroatoms. The van der Waals surface area contributed by atoms with E-state index >= 15 is 0 Å². The Hall–Kier alpha value is -2.11. The zero-order valence-corrected chi connectivity index (χ0v) is 16.5. The fraction of sp³-hybridized carbons (Fsp3) is 0.400. The predicted octanol–water partition coefficient (Wildman–Crippen LogP) is 4.00. The summed E-state index contributed by atoms with van der Waals surface area (Å²) in [5.41, 5.74) is 1.22. The number of halogens is 1. The van der Waals surface area contributed by atoms with E-state index in [1.54, 1.807) is 12.1 Å². The highest BCUT2D eigenvalue weighted by Gasteiger charge is 2.12. The Morgan fingerprint density at radius 2 is 1.42 bits per heavy atom. The average Bonchev–Trinajstić information content (AvgIpc) is 2.55. The minimum atomic E-state index is -0.455. The van der Waals surface area contributed by atoms with Crippen LogP contribution in [0.2, 0.25) is 0 Å². The third-order valence-electron chi connectivity index (χ3n) is 4.09. The lowest BCUT2D eigenvalue weighted by atomic mass is 10.0. The van der Waals surface area contributed by atoms with Crippen LogP contribution in [0.4, 0.5) is 0 Å². The number of hydrogen-bond acceptors (Lipinski definition) is 5. The number of benzene rings is 2. The first-order chi connectivity index (χ1) is 11.9. The SMILES string of the molecule is CCN(CC)CCc1ccc2cc(OC(C)=O)c(OC(C)=O)cc2c1.Cl. The smallest absolute Gasteiger partial charge is 0.308 e. The molecule has 0 aliphatic rings. The number of nitrogens with zero attached hydrogens (tertiary/aromatic N) is 1. The molecule has 5 nitrogen and oxygen atoms in total. The normalized spacial score (nSPS) is 10.5. The maximum Gasteiger partial charge on any atom is 0.308 e. The number of likely N-dealkylation sites (N-methyl/N-ethyl adjacent to an activating group) is 1. The van der Waals surface area contributed by atoms with E-state index in [0.717, 1.165) is 36.8 Å². The zero-order valence-electron chi connectivity index (χ0n) is 15.7. The lowest BCUT2D eigenvalue weighted by Crippen LogP contribution is -2.25. The van der Waals surface area contributed by atoms with Gasteiger partial charge in [-0.1, -0.05) is 32.0 Å². The van der Waals surface area contributed by atoms with Crippen molar-refractivity contribution in [3.05, 3.63) is 35.9 Å². The fourth-order valence-electron chi connectivity index (χ4n) is 2.76. The summed E-state index contributed by atoms with van der Waals surface area (Å²) in [6, 6.07) is 9.63. The number of esters is 2. The van der Waals surface area contributed by atoms with Crippen molar-refractivity contribution in [2.45, 2.75) is 34.1 Å². The molecule has 2 aromatic carbocycles. The molecule has 0 radical (unpaired) electrons. The highest BCUT2D eigenvalue weighted by Crippen LogP contribution is 2.33. The Morgan fingerprint density at radius 3 is 1.92 bits per heavy atom. The molecule has 0 heterocycles. The molecule has 0 spiro atoms. The molecule has 142 valence electrons. The van der Waals surface area contributed by atoms with Crippen LogP contribution in [0.5, 0.6) is 11.5 Å². The van der Waals surface area contributed by atoms with E-state index in [-0.39, 0.29) is 23.9 Å². The first kappa shape index (κ1) is 21.9. The van der Waals surface area contributed by atoms with Gasteiger partial charge in [-0.15, -0.1) is 12.4 Å². The molecule has 0 unspecified atom stereocenters. The first-order valence-corrected chi connectivity index (χ1v) is 8.58. The Balaban J connectivity index is 0.00000338. The van der Waals surface area contributed by atoms with Crippen LogP contribution in [0.15, 0.2) is 30.3 Å². The van der Waals surface area contributed by atoms with E-state index < -0.39 is 11.9 Å². The van der Waals surface area contributed by atoms with Crippen LogP contribution in [-0.4, -0.2) is 36.5 Å². The fourth-order valence-corrected chi connectivity index (χ4v) is 2.76. The molecule has 0 amide bonds.